The second-order valence-electron chi connectivity index (χ2n) is 7.66. The summed E-state index contributed by atoms with van der Waals surface area (Å²) in [6.45, 7) is 0. The van der Waals surface area contributed by atoms with Crippen LogP contribution in [0.5, 0.6) is 28.7 Å². The summed E-state index contributed by atoms with van der Waals surface area (Å²) in [5.74, 6) is -3.95. The molecule has 13 heteroatoms. The highest BCUT2D eigenvalue weighted by Crippen LogP contribution is 2.42. The van der Waals surface area contributed by atoms with E-state index in [1.807, 2.05) is 0 Å². The van der Waals surface area contributed by atoms with E-state index in [0.717, 1.165) is 12.1 Å². The number of aliphatic carboxylic acids is 1. The molecule has 1 fully saturated rings. The lowest BCUT2D eigenvalue weighted by Gasteiger charge is -2.38. The fraction of sp³-hybridized carbons (Fsp3) is 0.273. The SMILES string of the molecule is COc1cc(-c2cc(=O)c3c(O)cc(O)c(O[C@@H]4O[C@H](C(=O)O)[C@@H](O)[C@H](O)[C@H]4O)c3o2)ccc1O. The van der Waals surface area contributed by atoms with Crippen LogP contribution in [0.15, 0.2) is 39.5 Å². The highest BCUT2D eigenvalue weighted by molar-refractivity contribution is 5.91. The van der Waals surface area contributed by atoms with Crippen LogP contribution in [0.2, 0.25) is 0 Å². The van der Waals surface area contributed by atoms with Crippen LogP contribution in [0, 0.1) is 0 Å². The van der Waals surface area contributed by atoms with Crippen molar-refractivity contribution < 1.29 is 59.2 Å². The summed E-state index contributed by atoms with van der Waals surface area (Å²) in [5.41, 5.74) is -1.01. The zero-order valence-electron chi connectivity index (χ0n) is 17.9. The molecule has 0 spiro atoms. The van der Waals surface area contributed by atoms with Crippen molar-refractivity contribution in [3.05, 3.63) is 40.6 Å². The maximum absolute atomic E-state index is 12.8. The summed E-state index contributed by atoms with van der Waals surface area (Å²) in [6.07, 6.45) is -9.87. The number of aliphatic hydroxyl groups excluding tert-OH is 3. The predicted molar refractivity (Wildman–Crippen MR) is 114 cm³/mol. The van der Waals surface area contributed by atoms with E-state index in [2.05, 4.69) is 0 Å². The molecule has 7 N–H and O–H groups in total. The Balaban J connectivity index is 1.85. The number of carboxylic acids is 1. The van der Waals surface area contributed by atoms with Gasteiger partial charge >= 0.3 is 5.97 Å². The van der Waals surface area contributed by atoms with E-state index < -0.39 is 70.3 Å². The van der Waals surface area contributed by atoms with Crippen LogP contribution in [0.4, 0.5) is 0 Å². The van der Waals surface area contributed by atoms with Gasteiger partial charge in [-0.25, -0.2) is 4.79 Å². The van der Waals surface area contributed by atoms with Gasteiger partial charge in [-0.05, 0) is 18.2 Å². The summed E-state index contributed by atoms with van der Waals surface area (Å²) in [6, 6.07) is 5.81. The Kier molecular flexibility index (Phi) is 6.17. The summed E-state index contributed by atoms with van der Waals surface area (Å²) in [7, 11) is 1.31. The third-order valence-electron chi connectivity index (χ3n) is 5.43. The van der Waals surface area contributed by atoms with Crippen molar-refractivity contribution in [2.75, 3.05) is 7.11 Å². The Labute approximate surface area is 195 Å². The molecular formula is C22H20O13. The van der Waals surface area contributed by atoms with E-state index in [-0.39, 0.29) is 22.8 Å². The molecule has 1 aliphatic heterocycles. The summed E-state index contributed by atoms with van der Waals surface area (Å²) < 4.78 is 21.2. The van der Waals surface area contributed by atoms with Gasteiger partial charge < -0.3 is 54.4 Å². The number of methoxy groups -OCH3 is 1. The molecule has 186 valence electrons. The number of carbonyl (C=O) groups is 1. The topological polar surface area (TPSA) is 217 Å². The van der Waals surface area contributed by atoms with Gasteiger partial charge in [0.2, 0.25) is 12.0 Å². The van der Waals surface area contributed by atoms with Gasteiger partial charge in [-0.15, -0.1) is 0 Å². The highest BCUT2D eigenvalue weighted by atomic mass is 16.7. The zero-order valence-corrected chi connectivity index (χ0v) is 17.9. The first-order valence-corrected chi connectivity index (χ1v) is 10.0. The minimum absolute atomic E-state index is 0.0615. The quantitative estimate of drug-likeness (QED) is 0.247. The van der Waals surface area contributed by atoms with Crippen molar-refractivity contribution in [1.82, 2.24) is 0 Å². The average Bonchev–Trinajstić information content (AvgIpc) is 2.81. The Morgan fingerprint density at radius 1 is 0.943 bits per heavy atom. The van der Waals surface area contributed by atoms with E-state index in [0.29, 0.717) is 0 Å². The third-order valence-corrected chi connectivity index (χ3v) is 5.43. The maximum atomic E-state index is 12.8. The standard InChI is InChI=1S/C22H20O13/c1-32-13-4-7(2-3-8(13)23)12-6-10(25)14-9(24)5-11(26)18(19(14)33-12)34-22-17(29)15(27)16(28)20(35-22)21(30)31/h2-6,15-17,20,22-24,26-29H,1H3,(H,30,31)/t15-,16-,17+,20-,22+/m0/s1. The third kappa shape index (κ3) is 4.17. The van der Waals surface area contributed by atoms with E-state index in [9.17, 15) is 45.3 Å². The number of hydrogen-bond acceptors (Lipinski definition) is 12. The van der Waals surface area contributed by atoms with Gasteiger partial charge in [0, 0.05) is 17.7 Å². The predicted octanol–water partition coefficient (Wildman–Crippen LogP) is -0.144. The van der Waals surface area contributed by atoms with Crippen molar-refractivity contribution >= 4 is 16.9 Å². The van der Waals surface area contributed by atoms with Gasteiger partial charge in [0.25, 0.3) is 0 Å². The molecule has 13 nitrogen and oxygen atoms in total. The number of benzene rings is 2. The molecule has 0 aliphatic carbocycles. The van der Waals surface area contributed by atoms with Crippen LogP contribution < -0.4 is 14.9 Å². The fourth-order valence-electron chi connectivity index (χ4n) is 3.63. The molecule has 0 bridgehead atoms. The van der Waals surface area contributed by atoms with E-state index in [1.165, 1.54) is 25.3 Å². The lowest BCUT2D eigenvalue weighted by atomic mass is 9.99. The zero-order chi connectivity index (χ0) is 25.6. The lowest BCUT2D eigenvalue weighted by Crippen LogP contribution is -2.61. The van der Waals surface area contributed by atoms with Gasteiger partial charge in [0.05, 0.1) is 7.11 Å². The molecule has 2 heterocycles. The number of phenols is 3. The maximum Gasteiger partial charge on any atom is 0.335 e. The number of ether oxygens (including phenoxy) is 3. The Morgan fingerprint density at radius 3 is 2.31 bits per heavy atom. The molecule has 4 rings (SSSR count). The van der Waals surface area contributed by atoms with Crippen molar-refractivity contribution in [1.29, 1.82) is 0 Å². The number of phenolic OH excluding ortho intramolecular Hbond substituents is 3. The van der Waals surface area contributed by atoms with Gasteiger partial charge in [-0.2, -0.15) is 0 Å². The molecule has 2 aromatic carbocycles. The van der Waals surface area contributed by atoms with Gasteiger partial charge in [0.15, 0.2) is 34.4 Å². The van der Waals surface area contributed by atoms with Crippen LogP contribution in [0.25, 0.3) is 22.3 Å². The van der Waals surface area contributed by atoms with E-state index >= 15 is 0 Å². The molecule has 5 atom stereocenters. The van der Waals surface area contributed by atoms with Crippen molar-refractivity contribution in [3.63, 3.8) is 0 Å². The first-order valence-electron chi connectivity index (χ1n) is 10.0. The number of aliphatic hydroxyl groups is 3. The minimum atomic E-state index is -1.99. The average molecular weight is 492 g/mol. The van der Waals surface area contributed by atoms with Gasteiger partial charge in [-0.1, -0.05) is 0 Å². The summed E-state index contributed by atoms with van der Waals surface area (Å²) in [5, 5.41) is 69.3. The number of fused-ring (bicyclic) bond motifs is 1. The van der Waals surface area contributed by atoms with Crippen molar-refractivity contribution in [2.45, 2.75) is 30.7 Å². The number of aromatic hydroxyl groups is 3. The second kappa shape index (κ2) is 8.96. The number of rotatable bonds is 5. The first kappa shape index (κ1) is 24.1. The van der Waals surface area contributed by atoms with Gasteiger partial charge in [0.1, 0.15) is 35.2 Å². The molecule has 1 aliphatic rings. The van der Waals surface area contributed by atoms with Crippen molar-refractivity contribution in [2.24, 2.45) is 0 Å². The Morgan fingerprint density at radius 2 is 1.66 bits per heavy atom. The van der Waals surface area contributed by atoms with E-state index in [1.54, 1.807) is 0 Å². The smallest absolute Gasteiger partial charge is 0.335 e. The molecule has 0 radical (unpaired) electrons. The van der Waals surface area contributed by atoms with Crippen LogP contribution in [-0.4, -0.2) is 79.5 Å². The molecule has 35 heavy (non-hydrogen) atoms. The van der Waals surface area contributed by atoms with Gasteiger partial charge in [-0.3, -0.25) is 4.79 Å². The summed E-state index contributed by atoms with van der Waals surface area (Å²) in [4.78, 5) is 24.2. The molecule has 1 saturated heterocycles. The van der Waals surface area contributed by atoms with Crippen LogP contribution >= 0.6 is 0 Å². The van der Waals surface area contributed by atoms with Crippen LogP contribution in [0.1, 0.15) is 0 Å². The Hall–Kier alpha value is -4.04. The molecule has 3 aromatic rings. The molecule has 1 aromatic heterocycles. The van der Waals surface area contributed by atoms with Crippen molar-refractivity contribution in [3.8, 4) is 40.1 Å². The Bertz CT molecular complexity index is 1350. The number of hydrogen-bond donors (Lipinski definition) is 7. The molecule has 0 unspecified atom stereocenters. The second-order valence-corrected chi connectivity index (χ2v) is 7.66. The van der Waals surface area contributed by atoms with E-state index in [4.69, 9.17) is 18.6 Å². The normalized spacial score (nSPS) is 24.3. The highest BCUT2D eigenvalue weighted by Gasteiger charge is 2.48. The first-order chi connectivity index (χ1) is 16.5. The summed E-state index contributed by atoms with van der Waals surface area (Å²) >= 11 is 0. The molecular weight excluding hydrogens is 472 g/mol. The van der Waals surface area contributed by atoms with Crippen LogP contribution in [0.3, 0.4) is 0 Å². The largest absolute Gasteiger partial charge is 0.507 e. The molecule has 0 amide bonds. The monoisotopic (exact) mass is 492 g/mol. The molecule has 0 saturated carbocycles. The minimum Gasteiger partial charge on any atom is -0.507 e. The lowest BCUT2D eigenvalue weighted by molar-refractivity contribution is -0.271. The van der Waals surface area contributed by atoms with Crippen LogP contribution in [-0.2, 0) is 9.53 Å². The fourth-order valence-corrected chi connectivity index (χ4v) is 3.63. The number of carboxylic acid groups (broad SMARTS) is 1.